The van der Waals surface area contributed by atoms with Gasteiger partial charge in [0.1, 0.15) is 5.75 Å². The quantitative estimate of drug-likeness (QED) is 0.899. The number of anilines is 1. The van der Waals surface area contributed by atoms with Crippen molar-refractivity contribution in [2.75, 3.05) is 31.6 Å². The number of benzene rings is 1. The van der Waals surface area contributed by atoms with Crippen LogP contribution in [0.4, 0.5) is 5.95 Å². The zero-order valence-electron chi connectivity index (χ0n) is 16.2. The van der Waals surface area contributed by atoms with Crippen LogP contribution < -0.4 is 15.2 Å². The number of aromatic amines is 1. The van der Waals surface area contributed by atoms with Crippen LogP contribution >= 0.6 is 0 Å². The number of hydrogen-bond acceptors (Lipinski definition) is 5. The van der Waals surface area contributed by atoms with Gasteiger partial charge in [0.2, 0.25) is 5.95 Å². The van der Waals surface area contributed by atoms with E-state index in [9.17, 15) is 4.79 Å². The number of H-pyrrole nitrogens is 1. The van der Waals surface area contributed by atoms with E-state index < -0.39 is 0 Å². The lowest BCUT2D eigenvalue weighted by molar-refractivity contribution is 0.241. The highest BCUT2D eigenvalue weighted by atomic mass is 16.5. The van der Waals surface area contributed by atoms with E-state index in [1.165, 1.54) is 5.56 Å². The molecule has 2 aromatic rings. The average Bonchev–Trinajstić information content (AvgIpc) is 2.69. The Labute approximate surface area is 160 Å². The molecule has 0 bridgehead atoms. The largest absolute Gasteiger partial charge is 0.497 e. The number of methoxy groups -OCH3 is 1. The molecule has 1 fully saturated rings. The van der Waals surface area contributed by atoms with E-state index in [1.54, 1.807) is 7.11 Å². The van der Waals surface area contributed by atoms with Crippen molar-refractivity contribution in [1.29, 1.82) is 0 Å². The van der Waals surface area contributed by atoms with Crippen molar-refractivity contribution in [3.05, 3.63) is 51.4 Å². The second kappa shape index (κ2) is 7.72. The van der Waals surface area contributed by atoms with E-state index in [4.69, 9.17) is 9.72 Å². The first-order valence-electron chi connectivity index (χ1n) is 9.84. The lowest BCUT2D eigenvalue weighted by Crippen LogP contribution is -2.39. The van der Waals surface area contributed by atoms with Crippen LogP contribution in [0.5, 0.6) is 5.75 Å². The van der Waals surface area contributed by atoms with Crippen molar-refractivity contribution in [2.24, 2.45) is 5.92 Å². The molecule has 1 N–H and O–H groups in total. The molecule has 6 heteroatoms. The third kappa shape index (κ3) is 4.00. The van der Waals surface area contributed by atoms with Crippen LogP contribution in [0.2, 0.25) is 0 Å². The molecule has 2 aliphatic rings. The van der Waals surface area contributed by atoms with Crippen LogP contribution in [0.25, 0.3) is 0 Å². The summed E-state index contributed by atoms with van der Waals surface area (Å²) in [6.07, 6.45) is 3.14. The van der Waals surface area contributed by atoms with Crippen molar-refractivity contribution >= 4 is 5.95 Å². The van der Waals surface area contributed by atoms with Crippen LogP contribution in [0.3, 0.4) is 0 Å². The van der Waals surface area contributed by atoms with Gasteiger partial charge in [-0.2, -0.15) is 0 Å². The summed E-state index contributed by atoms with van der Waals surface area (Å²) in [6.45, 7) is 6.61. The second-order valence-corrected chi connectivity index (χ2v) is 7.80. The maximum atomic E-state index is 12.7. The van der Waals surface area contributed by atoms with Gasteiger partial charge in [-0.05, 0) is 36.5 Å². The van der Waals surface area contributed by atoms with Crippen LogP contribution in [0, 0.1) is 5.92 Å². The summed E-state index contributed by atoms with van der Waals surface area (Å²) in [5, 5.41) is 0. The Morgan fingerprint density at radius 1 is 1.26 bits per heavy atom. The first-order valence-corrected chi connectivity index (χ1v) is 9.84. The monoisotopic (exact) mass is 368 g/mol. The first-order chi connectivity index (χ1) is 13.1. The fourth-order valence-corrected chi connectivity index (χ4v) is 4.00. The molecule has 2 aliphatic heterocycles. The highest BCUT2D eigenvalue weighted by Gasteiger charge is 2.24. The van der Waals surface area contributed by atoms with Gasteiger partial charge >= 0.3 is 0 Å². The molecule has 27 heavy (non-hydrogen) atoms. The van der Waals surface area contributed by atoms with Crippen LogP contribution in [0.15, 0.2) is 29.1 Å². The van der Waals surface area contributed by atoms with Gasteiger partial charge in [0, 0.05) is 39.1 Å². The van der Waals surface area contributed by atoms with Crippen LogP contribution in [0.1, 0.15) is 36.6 Å². The van der Waals surface area contributed by atoms with Crippen LogP contribution in [-0.2, 0) is 19.5 Å². The minimum Gasteiger partial charge on any atom is -0.497 e. The number of rotatable bonds is 4. The highest BCUT2D eigenvalue weighted by molar-refractivity contribution is 5.35. The Morgan fingerprint density at radius 2 is 2.07 bits per heavy atom. The maximum absolute atomic E-state index is 12.7. The molecule has 0 saturated carbocycles. The number of hydrogen-bond donors (Lipinski definition) is 1. The molecule has 0 atom stereocenters. The minimum absolute atomic E-state index is 0.0176. The Kier molecular flexibility index (Phi) is 5.16. The minimum atomic E-state index is 0.0176. The third-order valence-corrected chi connectivity index (χ3v) is 5.76. The Hall–Kier alpha value is -2.34. The molecule has 0 aliphatic carbocycles. The van der Waals surface area contributed by atoms with Crippen molar-refractivity contribution in [3.8, 4) is 5.75 Å². The molecule has 0 radical (unpaired) electrons. The van der Waals surface area contributed by atoms with Crippen molar-refractivity contribution in [1.82, 2.24) is 14.9 Å². The van der Waals surface area contributed by atoms with Gasteiger partial charge in [-0.25, -0.2) is 4.98 Å². The second-order valence-electron chi connectivity index (χ2n) is 7.80. The maximum Gasteiger partial charge on any atom is 0.257 e. The van der Waals surface area contributed by atoms with Gasteiger partial charge in [-0.1, -0.05) is 19.1 Å². The fraction of sp³-hybridized carbons (Fsp3) is 0.524. The van der Waals surface area contributed by atoms with E-state index in [2.05, 4.69) is 33.8 Å². The number of nitrogens with zero attached hydrogens (tertiary/aromatic N) is 3. The van der Waals surface area contributed by atoms with Gasteiger partial charge in [-0.15, -0.1) is 0 Å². The lowest BCUT2D eigenvalue weighted by atomic mass is 9.99. The van der Waals surface area contributed by atoms with E-state index in [-0.39, 0.29) is 5.56 Å². The zero-order valence-corrected chi connectivity index (χ0v) is 16.2. The third-order valence-electron chi connectivity index (χ3n) is 5.76. The Bertz CT molecular complexity index is 856. The normalized spacial score (nSPS) is 18.4. The molecule has 0 spiro atoms. The van der Waals surface area contributed by atoms with Gasteiger partial charge in [0.05, 0.1) is 18.4 Å². The molecule has 1 aromatic carbocycles. The Morgan fingerprint density at radius 3 is 2.85 bits per heavy atom. The fourth-order valence-electron chi connectivity index (χ4n) is 4.00. The number of fused-ring (bicyclic) bond motifs is 1. The van der Waals surface area contributed by atoms with Gasteiger partial charge in [-0.3, -0.25) is 14.7 Å². The van der Waals surface area contributed by atoms with Crippen molar-refractivity contribution in [3.63, 3.8) is 0 Å². The molecule has 4 rings (SSSR count). The summed E-state index contributed by atoms with van der Waals surface area (Å²) < 4.78 is 5.31. The van der Waals surface area contributed by atoms with Crippen molar-refractivity contribution < 1.29 is 4.74 Å². The average molecular weight is 368 g/mol. The van der Waals surface area contributed by atoms with E-state index in [0.717, 1.165) is 74.3 Å². The zero-order chi connectivity index (χ0) is 18.8. The predicted octanol–water partition coefficient (Wildman–Crippen LogP) is 2.57. The molecule has 3 heterocycles. The SMILES string of the molecule is COc1cccc(CN2CCc3nc(N4CCC(C)CC4)[nH]c(=O)c3C2)c1. The standard InChI is InChI=1S/C21H28N4O2/c1-15-6-10-25(11-7-15)21-22-19-8-9-24(14-18(19)20(26)23-21)13-16-4-3-5-17(12-16)27-2/h3-5,12,15H,6-11,13-14H2,1-2H3,(H,22,23,26). The molecule has 1 aromatic heterocycles. The van der Waals surface area contributed by atoms with Gasteiger partial charge in [0.25, 0.3) is 5.56 Å². The smallest absolute Gasteiger partial charge is 0.257 e. The summed E-state index contributed by atoms with van der Waals surface area (Å²) >= 11 is 0. The van der Waals surface area contributed by atoms with Crippen molar-refractivity contribution in [2.45, 2.75) is 39.3 Å². The number of nitrogens with one attached hydrogen (secondary N) is 1. The molecule has 144 valence electrons. The molecule has 6 nitrogen and oxygen atoms in total. The van der Waals surface area contributed by atoms with Gasteiger partial charge < -0.3 is 9.64 Å². The highest BCUT2D eigenvalue weighted by Crippen LogP contribution is 2.23. The van der Waals surface area contributed by atoms with E-state index in [0.29, 0.717) is 6.54 Å². The first kappa shape index (κ1) is 18.0. The molecule has 0 unspecified atom stereocenters. The molecular formula is C21H28N4O2. The summed E-state index contributed by atoms with van der Waals surface area (Å²) in [4.78, 5) is 25.1. The lowest BCUT2D eigenvalue weighted by Gasteiger charge is -2.32. The topological polar surface area (TPSA) is 61.5 Å². The molecule has 0 amide bonds. The molecular weight excluding hydrogens is 340 g/mol. The number of ether oxygens (including phenoxy) is 1. The Balaban J connectivity index is 1.49. The predicted molar refractivity (Wildman–Crippen MR) is 106 cm³/mol. The number of aromatic nitrogens is 2. The van der Waals surface area contributed by atoms with E-state index in [1.807, 2.05) is 12.1 Å². The van der Waals surface area contributed by atoms with E-state index >= 15 is 0 Å². The molecule has 1 saturated heterocycles. The summed E-state index contributed by atoms with van der Waals surface area (Å²) in [6, 6.07) is 8.11. The summed E-state index contributed by atoms with van der Waals surface area (Å²) in [5.74, 6) is 2.38. The summed E-state index contributed by atoms with van der Waals surface area (Å²) in [7, 11) is 1.68. The van der Waals surface area contributed by atoms with Gasteiger partial charge in [0.15, 0.2) is 0 Å². The summed E-state index contributed by atoms with van der Waals surface area (Å²) in [5.41, 5.74) is 3.00. The van der Waals surface area contributed by atoms with Crippen LogP contribution in [-0.4, -0.2) is 41.6 Å². The number of piperidine rings is 1.